The van der Waals surface area contributed by atoms with E-state index in [0.717, 1.165) is 64.0 Å². The van der Waals surface area contributed by atoms with Gasteiger partial charge in [0.2, 0.25) is 0 Å². The first-order chi connectivity index (χ1) is 12.3. The van der Waals surface area contributed by atoms with Crippen LogP contribution < -0.4 is 10.6 Å². The number of nitrogens with one attached hydrogen (secondary N) is 2. The number of guanidine groups is 1. The molecule has 0 spiro atoms. The molecule has 1 saturated heterocycles. The second-order valence-electron chi connectivity index (χ2n) is 6.63. The molecule has 150 valence electrons. The number of aliphatic imine (C=N–C) groups is 1. The Balaban J connectivity index is 0.00000338. The fourth-order valence-corrected chi connectivity index (χ4v) is 2.91. The number of rotatable bonds is 11. The molecule has 1 aromatic heterocycles. The summed E-state index contributed by atoms with van der Waals surface area (Å²) in [4.78, 5) is 4.76. The molecule has 26 heavy (non-hydrogen) atoms. The van der Waals surface area contributed by atoms with Crippen molar-refractivity contribution in [2.45, 2.75) is 58.9 Å². The standard InChI is InChI=1S/C18H34N6O.HI/c1-3-5-6-7-9-19-18(21-13-16-8-12-25-14-16)20-10-11-24-15-22-23-17(24)4-2;/h15-16H,3-14H2,1-2H3,(H2,19,20,21);1H. The van der Waals surface area contributed by atoms with Gasteiger partial charge >= 0.3 is 0 Å². The van der Waals surface area contributed by atoms with Crippen molar-refractivity contribution in [3.8, 4) is 0 Å². The van der Waals surface area contributed by atoms with Gasteiger partial charge in [0.25, 0.3) is 0 Å². The van der Waals surface area contributed by atoms with Crippen LogP contribution in [0.1, 0.15) is 51.8 Å². The smallest absolute Gasteiger partial charge is 0.191 e. The first-order valence-corrected chi connectivity index (χ1v) is 9.80. The van der Waals surface area contributed by atoms with Crippen LogP contribution in [0.25, 0.3) is 0 Å². The maximum Gasteiger partial charge on any atom is 0.191 e. The highest BCUT2D eigenvalue weighted by molar-refractivity contribution is 14.0. The summed E-state index contributed by atoms with van der Waals surface area (Å²) in [5.74, 6) is 2.49. The highest BCUT2D eigenvalue weighted by atomic mass is 127. The van der Waals surface area contributed by atoms with Crippen LogP contribution in [-0.4, -0.2) is 53.6 Å². The second-order valence-corrected chi connectivity index (χ2v) is 6.63. The van der Waals surface area contributed by atoms with Gasteiger partial charge in [-0.3, -0.25) is 4.99 Å². The minimum atomic E-state index is 0. The summed E-state index contributed by atoms with van der Waals surface area (Å²) in [5.41, 5.74) is 0. The van der Waals surface area contributed by atoms with Gasteiger partial charge in [-0.2, -0.15) is 0 Å². The molecule has 0 bridgehead atoms. The van der Waals surface area contributed by atoms with Crippen molar-refractivity contribution in [1.29, 1.82) is 0 Å². The van der Waals surface area contributed by atoms with Crippen LogP contribution in [0, 0.1) is 5.92 Å². The number of unbranched alkanes of at least 4 members (excludes halogenated alkanes) is 3. The van der Waals surface area contributed by atoms with E-state index in [1.165, 1.54) is 25.7 Å². The quantitative estimate of drug-likeness (QED) is 0.221. The van der Waals surface area contributed by atoms with Crippen LogP contribution in [0.5, 0.6) is 0 Å². The summed E-state index contributed by atoms with van der Waals surface area (Å²) in [6.45, 7) is 9.52. The molecule has 1 unspecified atom stereocenters. The Bertz CT molecular complexity index is 502. The zero-order chi connectivity index (χ0) is 17.7. The molecule has 2 rings (SSSR count). The molecule has 0 aromatic carbocycles. The van der Waals surface area contributed by atoms with Gasteiger partial charge in [-0.05, 0) is 12.8 Å². The van der Waals surface area contributed by atoms with Crippen molar-refractivity contribution in [3.63, 3.8) is 0 Å². The van der Waals surface area contributed by atoms with Gasteiger partial charge < -0.3 is 19.9 Å². The van der Waals surface area contributed by atoms with Crippen molar-refractivity contribution >= 4 is 29.9 Å². The maximum atomic E-state index is 5.44. The third kappa shape index (κ3) is 8.66. The van der Waals surface area contributed by atoms with Crippen LogP contribution in [0.15, 0.2) is 11.3 Å². The van der Waals surface area contributed by atoms with E-state index in [1.54, 1.807) is 6.33 Å². The molecule has 0 aliphatic carbocycles. The van der Waals surface area contributed by atoms with Crippen LogP contribution in [0.4, 0.5) is 0 Å². The fraction of sp³-hybridized carbons (Fsp3) is 0.833. The fourth-order valence-electron chi connectivity index (χ4n) is 2.91. The Morgan fingerprint density at radius 1 is 1.27 bits per heavy atom. The highest BCUT2D eigenvalue weighted by Gasteiger charge is 2.15. The average Bonchev–Trinajstić information content (AvgIpc) is 3.30. The maximum absolute atomic E-state index is 5.44. The Morgan fingerprint density at radius 3 is 2.85 bits per heavy atom. The SMILES string of the molecule is CCCCCCNC(=NCC1CCOC1)NCCn1cnnc1CC.I. The normalized spacial score (nSPS) is 17.2. The van der Waals surface area contributed by atoms with Crippen LogP contribution in [-0.2, 0) is 17.7 Å². The molecular formula is C18H35IN6O. The highest BCUT2D eigenvalue weighted by Crippen LogP contribution is 2.12. The Kier molecular flexibility index (Phi) is 12.6. The first-order valence-electron chi connectivity index (χ1n) is 9.80. The number of ether oxygens (including phenoxy) is 1. The Hall–Kier alpha value is -0.900. The molecule has 0 saturated carbocycles. The Labute approximate surface area is 174 Å². The topological polar surface area (TPSA) is 76.4 Å². The van der Waals surface area contributed by atoms with Crippen LogP contribution in [0.2, 0.25) is 0 Å². The summed E-state index contributed by atoms with van der Waals surface area (Å²) in [6, 6.07) is 0. The van der Waals surface area contributed by atoms with Crippen molar-refractivity contribution in [2.75, 3.05) is 32.8 Å². The van der Waals surface area contributed by atoms with E-state index in [9.17, 15) is 0 Å². The van der Waals surface area contributed by atoms with Gasteiger partial charge in [0.05, 0.1) is 6.61 Å². The lowest BCUT2D eigenvalue weighted by atomic mass is 10.1. The lowest BCUT2D eigenvalue weighted by molar-refractivity contribution is 0.187. The summed E-state index contributed by atoms with van der Waals surface area (Å²) in [6.07, 6.45) is 8.84. The van der Waals surface area contributed by atoms with E-state index in [2.05, 4.69) is 39.2 Å². The van der Waals surface area contributed by atoms with Gasteiger partial charge in [-0.25, -0.2) is 0 Å². The molecule has 0 amide bonds. The second kappa shape index (κ2) is 14.2. The minimum Gasteiger partial charge on any atom is -0.381 e. The number of hydrogen-bond acceptors (Lipinski definition) is 4. The van der Waals surface area contributed by atoms with Crippen molar-refractivity contribution in [1.82, 2.24) is 25.4 Å². The molecule has 1 aromatic rings. The summed E-state index contributed by atoms with van der Waals surface area (Å²) < 4.78 is 7.54. The van der Waals surface area contributed by atoms with E-state index in [0.29, 0.717) is 5.92 Å². The lowest BCUT2D eigenvalue weighted by Crippen LogP contribution is -2.40. The van der Waals surface area contributed by atoms with Gasteiger partial charge in [-0.15, -0.1) is 34.2 Å². The summed E-state index contributed by atoms with van der Waals surface area (Å²) in [5, 5.41) is 15.0. The number of aryl methyl sites for hydroxylation is 1. The number of nitrogens with zero attached hydrogens (tertiary/aromatic N) is 4. The molecule has 1 aliphatic heterocycles. The van der Waals surface area contributed by atoms with E-state index >= 15 is 0 Å². The van der Waals surface area contributed by atoms with Gasteiger partial charge in [0.15, 0.2) is 5.96 Å². The van der Waals surface area contributed by atoms with Gasteiger partial charge in [0, 0.05) is 45.1 Å². The molecule has 8 heteroatoms. The van der Waals surface area contributed by atoms with Crippen molar-refractivity contribution in [2.24, 2.45) is 10.9 Å². The van der Waals surface area contributed by atoms with Crippen LogP contribution >= 0.6 is 24.0 Å². The van der Waals surface area contributed by atoms with Gasteiger partial charge in [-0.1, -0.05) is 33.1 Å². The largest absolute Gasteiger partial charge is 0.381 e. The summed E-state index contributed by atoms with van der Waals surface area (Å²) >= 11 is 0. The van der Waals surface area contributed by atoms with E-state index in [-0.39, 0.29) is 24.0 Å². The molecule has 1 aliphatic rings. The lowest BCUT2D eigenvalue weighted by Gasteiger charge is -2.14. The number of halogens is 1. The van der Waals surface area contributed by atoms with E-state index in [1.807, 2.05) is 0 Å². The van der Waals surface area contributed by atoms with Crippen molar-refractivity contribution in [3.05, 3.63) is 12.2 Å². The van der Waals surface area contributed by atoms with Gasteiger partial charge in [0.1, 0.15) is 12.2 Å². The predicted molar refractivity (Wildman–Crippen MR) is 116 cm³/mol. The zero-order valence-corrected chi connectivity index (χ0v) is 18.6. The monoisotopic (exact) mass is 478 g/mol. The molecule has 2 N–H and O–H groups in total. The molecule has 7 nitrogen and oxygen atoms in total. The van der Waals surface area contributed by atoms with E-state index < -0.39 is 0 Å². The number of aromatic nitrogens is 3. The molecular weight excluding hydrogens is 443 g/mol. The van der Waals surface area contributed by atoms with Crippen molar-refractivity contribution < 1.29 is 4.74 Å². The number of hydrogen-bond donors (Lipinski definition) is 2. The van der Waals surface area contributed by atoms with E-state index in [4.69, 9.17) is 9.73 Å². The molecule has 1 fully saturated rings. The molecule has 1 atom stereocenters. The zero-order valence-electron chi connectivity index (χ0n) is 16.2. The molecule has 0 radical (unpaired) electrons. The average molecular weight is 478 g/mol. The Morgan fingerprint density at radius 2 is 2.12 bits per heavy atom. The first kappa shape index (κ1) is 23.1. The third-order valence-electron chi connectivity index (χ3n) is 4.51. The molecule has 2 heterocycles. The van der Waals surface area contributed by atoms with Crippen LogP contribution in [0.3, 0.4) is 0 Å². The third-order valence-corrected chi connectivity index (χ3v) is 4.51. The summed E-state index contributed by atoms with van der Waals surface area (Å²) in [7, 11) is 0. The predicted octanol–water partition coefficient (Wildman–Crippen LogP) is 2.61. The minimum absolute atomic E-state index is 0.